The van der Waals surface area contributed by atoms with Crippen molar-refractivity contribution >= 4 is 88.8 Å². The molecule has 0 radical (unpaired) electrons. The fourth-order valence-corrected chi connectivity index (χ4v) is 7.62. The highest BCUT2D eigenvalue weighted by Gasteiger charge is 2.19. The minimum Gasteiger partial charge on any atom is -0.456 e. The highest BCUT2D eigenvalue weighted by atomic mass is 16.3. The van der Waals surface area contributed by atoms with Gasteiger partial charge in [-0.1, -0.05) is 66.7 Å². The molecule has 0 fully saturated rings. The summed E-state index contributed by atoms with van der Waals surface area (Å²) in [6, 6.07) is 60.1. The van der Waals surface area contributed by atoms with E-state index in [-0.39, 0.29) is 0 Å². The molecule has 4 nitrogen and oxygen atoms in total. The van der Waals surface area contributed by atoms with Crippen LogP contribution in [0.5, 0.6) is 0 Å². The van der Waals surface area contributed by atoms with Crippen LogP contribution in [0, 0.1) is 13.8 Å². The summed E-state index contributed by atoms with van der Waals surface area (Å²) in [6.45, 7) is 4.26. The molecular weight excluding hydrogens is 637 g/mol. The molecule has 0 unspecified atom stereocenters. The highest BCUT2D eigenvalue weighted by Crippen LogP contribution is 2.42. The maximum absolute atomic E-state index is 6.61. The number of para-hydroxylation sites is 2. The number of furan rings is 2. The lowest BCUT2D eigenvalue weighted by molar-refractivity contribution is 0.664. The SMILES string of the molecule is Cc1cccc(N(c2ccccc2)c2ccc3cc4c(cc3c2)oc2cc3c(cc24)oc2cc(N(c4ccccc4)c4cccc(C)c4)ccc23)c1. The fraction of sp³-hybridized carbons (Fsp3) is 0.0417. The van der Waals surface area contributed by atoms with Crippen LogP contribution in [-0.4, -0.2) is 0 Å². The molecule has 248 valence electrons. The van der Waals surface area contributed by atoms with Crippen molar-refractivity contribution in [3.05, 3.63) is 181 Å². The maximum Gasteiger partial charge on any atom is 0.137 e. The molecular formula is C48H34N2O2. The van der Waals surface area contributed by atoms with E-state index in [4.69, 9.17) is 8.83 Å². The molecule has 4 heteroatoms. The van der Waals surface area contributed by atoms with Crippen LogP contribution in [0.4, 0.5) is 34.1 Å². The highest BCUT2D eigenvalue weighted by molar-refractivity contribution is 6.17. The number of anilines is 6. The molecule has 2 aromatic heterocycles. The predicted octanol–water partition coefficient (Wildman–Crippen LogP) is 14.2. The van der Waals surface area contributed by atoms with Crippen molar-refractivity contribution in [3.8, 4) is 0 Å². The summed E-state index contributed by atoms with van der Waals surface area (Å²) in [4.78, 5) is 4.58. The Morgan fingerprint density at radius 3 is 1.37 bits per heavy atom. The minimum atomic E-state index is 0.840. The van der Waals surface area contributed by atoms with Gasteiger partial charge < -0.3 is 18.6 Å². The topological polar surface area (TPSA) is 32.8 Å². The van der Waals surface area contributed by atoms with Gasteiger partial charge in [0.1, 0.15) is 22.3 Å². The molecule has 8 aromatic carbocycles. The first-order valence-electron chi connectivity index (χ1n) is 17.7. The first-order chi connectivity index (χ1) is 25.6. The van der Waals surface area contributed by atoms with Gasteiger partial charge in [0.15, 0.2) is 0 Å². The lowest BCUT2D eigenvalue weighted by atomic mass is 10.0. The van der Waals surface area contributed by atoms with Crippen molar-refractivity contribution in [2.24, 2.45) is 0 Å². The third-order valence-electron chi connectivity index (χ3n) is 10.1. The Morgan fingerprint density at radius 2 is 0.769 bits per heavy atom. The zero-order chi connectivity index (χ0) is 34.8. The van der Waals surface area contributed by atoms with Crippen molar-refractivity contribution in [2.45, 2.75) is 13.8 Å². The second-order valence-electron chi connectivity index (χ2n) is 13.6. The van der Waals surface area contributed by atoms with Crippen LogP contribution in [-0.2, 0) is 0 Å². The number of hydrogen-bond donors (Lipinski definition) is 0. The van der Waals surface area contributed by atoms with Crippen molar-refractivity contribution in [1.82, 2.24) is 0 Å². The summed E-state index contributed by atoms with van der Waals surface area (Å²) in [5, 5.41) is 6.50. The van der Waals surface area contributed by atoms with Crippen molar-refractivity contribution in [3.63, 3.8) is 0 Å². The number of fused-ring (bicyclic) bond motifs is 7. The Balaban J connectivity index is 1.08. The van der Waals surface area contributed by atoms with Gasteiger partial charge in [0, 0.05) is 61.7 Å². The van der Waals surface area contributed by atoms with E-state index in [0.717, 1.165) is 88.8 Å². The molecule has 52 heavy (non-hydrogen) atoms. The van der Waals surface area contributed by atoms with Gasteiger partial charge in [-0.3, -0.25) is 0 Å². The van der Waals surface area contributed by atoms with E-state index in [9.17, 15) is 0 Å². The Morgan fingerprint density at radius 1 is 0.308 bits per heavy atom. The first-order valence-corrected chi connectivity index (χ1v) is 17.7. The van der Waals surface area contributed by atoms with Crippen LogP contribution in [0.3, 0.4) is 0 Å². The van der Waals surface area contributed by atoms with E-state index in [0.29, 0.717) is 0 Å². The molecule has 10 aromatic rings. The van der Waals surface area contributed by atoms with Crippen LogP contribution in [0.15, 0.2) is 179 Å². The second-order valence-corrected chi connectivity index (χ2v) is 13.6. The molecule has 0 saturated carbocycles. The summed E-state index contributed by atoms with van der Waals surface area (Å²) in [5.41, 5.74) is 12.4. The smallest absolute Gasteiger partial charge is 0.137 e. The third-order valence-corrected chi connectivity index (χ3v) is 10.1. The Kier molecular flexibility index (Phi) is 6.90. The van der Waals surface area contributed by atoms with Crippen molar-refractivity contribution in [2.75, 3.05) is 9.80 Å². The van der Waals surface area contributed by atoms with Crippen molar-refractivity contribution < 1.29 is 8.83 Å². The van der Waals surface area contributed by atoms with Gasteiger partial charge in [0.05, 0.1) is 0 Å². The van der Waals surface area contributed by atoms with Gasteiger partial charge in [0.2, 0.25) is 0 Å². The maximum atomic E-state index is 6.61. The summed E-state index contributed by atoms with van der Waals surface area (Å²) in [7, 11) is 0. The molecule has 0 atom stereocenters. The molecule has 0 amide bonds. The molecule has 0 spiro atoms. The molecule has 0 aliphatic carbocycles. The number of benzene rings is 8. The lowest BCUT2D eigenvalue weighted by Crippen LogP contribution is -2.09. The second kappa shape index (κ2) is 11.9. The Bertz CT molecular complexity index is 2840. The Hall–Kier alpha value is -6.78. The van der Waals surface area contributed by atoms with Crippen LogP contribution in [0.25, 0.3) is 54.6 Å². The van der Waals surface area contributed by atoms with Crippen LogP contribution in [0.2, 0.25) is 0 Å². The van der Waals surface area contributed by atoms with Gasteiger partial charge in [-0.15, -0.1) is 0 Å². The standard InChI is InChI=1S/C48H34N2O2/c1-31-11-9-17-37(23-31)49(35-13-5-3-6-14-35)39-20-19-33-26-42-44-30-47-43(29-48(44)51-45(42)27-34(33)25-39)41-22-21-40(28-46(41)52-47)50(36-15-7-4-8-16-36)38-18-10-12-32(2)24-38/h3-30H,1-2H3. The normalized spacial score (nSPS) is 11.7. The average molecular weight is 671 g/mol. The summed E-state index contributed by atoms with van der Waals surface area (Å²) in [5.74, 6) is 0. The van der Waals surface area contributed by atoms with Crippen LogP contribution >= 0.6 is 0 Å². The van der Waals surface area contributed by atoms with Gasteiger partial charge in [-0.05, 0) is 133 Å². The molecule has 0 aliphatic heterocycles. The van der Waals surface area contributed by atoms with Gasteiger partial charge in [-0.2, -0.15) is 0 Å². The molecule has 0 N–H and O–H groups in total. The summed E-state index contributed by atoms with van der Waals surface area (Å²) < 4.78 is 13.2. The predicted molar refractivity (Wildman–Crippen MR) is 217 cm³/mol. The minimum absolute atomic E-state index is 0.840. The van der Waals surface area contributed by atoms with E-state index in [2.05, 4.69) is 187 Å². The quantitative estimate of drug-likeness (QED) is 0.176. The van der Waals surface area contributed by atoms with Gasteiger partial charge in [0.25, 0.3) is 0 Å². The molecule has 0 aliphatic rings. The third kappa shape index (κ3) is 5.07. The summed E-state index contributed by atoms with van der Waals surface area (Å²) in [6.07, 6.45) is 0. The van der Waals surface area contributed by atoms with E-state index >= 15 is 0 Å². The van der Waals surface area contributed by atoms with Gasteiger partial charge >= 0.3 is 0 Å². The molecule has 2 heterocycles. The molecule has 10 rings (SSSR count). The van der Waals surface area contributed by atoms with E-state index in [1.54, 1.807) is 0 Å². The van der Waals surface area contributed by atoms with E-state index in [1.807, 2.05) is 6.07 Å². The van der Waals surface area contributed by atoms with Gasteiger partial charge in [-0.25, -0.2) is 0 Å². The number of hydrogen-bond acceptors (Lipinski definition) is 4. The lowest BCUT2D eigenvalue weighted by Gasteiger charge is -2.26. The van der Waals surface area contributed by atoms with Crippen LogP contribution in [0.1, 0.15) is 11.1 Å². The Labute approximate surface area is 301 Å². The number of nitrogens with zero attached hydrogens (tertiary/aromatic N) is 2. The monoisotopic (exact) mass is 670 g/mol. The molecule has 0 bridgehead atoms. The largest absolute Gasteiger partial charge is 0.456 e. The first kappa shape index (κ1) is 30.1. The average Bonchev–Trinajstić information content (AvgIpc) is 3.70. The number of aryl methyl sites for hydroxylation is 2. The van der Waals surface area contributed by atoms with Crippen LogP contribution < -0.4 is 9.80 Å². The zero-order valence-electron chi connectivity index (χ0n) is 28.9. The fourth-order valence-electron chi connectivity index (χ4n) is 7.62. The summed E-state index contributed by atoms with van der Waals surface area (Å²) >= 11 is 0. The molecule has 0 saturated heterocycles. The van der Waals surface area contributed by atoms with Crippen molar-refractivity contribution in [1.29, 1.82) is 0 Å². The van der Waals surface area contributed by atoms with E-state index < -0.39 is 0 Å². The number of rotatable bonds is 6. The van der Waals surface area contributed by atoms with E-state index in [1.165, 1.54) is 11.1 Å². The zero-order valence-corrected chi connectivity index (χ0v) is 28.9.